The summed E-state index contributed by atoms with van der Waals surface area (Å²) in [6.45, 7) is 2.06. The molecule has 1 N–H and O–H groups in total. The molecule has 0 spiro atoms. The summed E-state index contributed by atoms with van der Waals surface area (Å²) in [7, 11) is 0. The van der Waals surface area contributed by atoms with Gasteiger partial charge in [0.1, 0.15) is 0 Å². The number of carboxylic acids is 1. The lowest BCUT2D eigenvalue weighted by atomic mass is 9.61. The first kappa shape index (κ1) is 14.7. The van der Waals surface area contributed by atoms with E-state index in [-0.39, 0.29) is 5.92 Å². The van der Waals surface area contributed by atoms with Crippen LogP contribution in [0.3, 0.4) is 0 Å². The number of rotatable bonds is 3. The number of aliphatic carboxylic acids is 1. The van der Waals surface area contributed by atoms with Crippen LogP contribution in [0.4, 0.5) is 0 Å². The van der Waals surface area contributed by atoms with Gasteiger partial charge < -0.3 is 5.11 Å². The Morgan fingerprint density at radius 2 is 2.11 bits per heavy atom. The molecule has 2 rings (SSSR count). The SMILES string of the molecule is CC[C@@H]1CCCC[C@@]1(C(=O)O)c1ccc(Cl)c(Cl)c1. The van der Waals surface area contributed by atoms with Crippen LogP contribution in [0.15, 0.2) is 18.2 Å². The van der Waals surface area contributed by atoms with Gasteiger partial charge in [0.15, 0.2) is 0 Å². The van der Waals surface area contributed by atoms with Crippen molar-refractivity contribution in [3.05, 3.63) is 33.8 Å². The Balaban J connectivity index is 2.54. The van der Waals surface area contributed by atoms with Gasteiger partial charge in [0.2, 0.25) is 0 Å². The molecule has 0 radical (unpaired) electrons. The highest BCUT2D eigenvalue weighted by Crippen LogP contribution is 2.46. The van der Waals surface area contributed by atoms with Crippen LogP contribution in [-0.4, -0.2) is 11.1 Å². The molecule has 1 aliphatic carbocycles. The molecule has 0 unspecified atom stereocenters. The van der Waals surface area contributed by atoms with Gasteiger partial charge in [-0.1, -0.05) is 55.5 Å². The summed E-state index contributed by atoms with van der Waals surface area (Å²) in [4.78, 5) is 12.0. The van der Waals surface area contributed by atoms with Gasteiger partial charge in [-0.05, 0) is 36.5 Å². The van der Waals surface area contributed by atoms with Gasteiger partial charge >= 0.3 is 5.97 Å². The molecule has 0 aliphatic heterocycles. The van der Waals surface area contributed by atoms with Crippen molar-refractivity contribution in [3.63, 3.8) is 0 Å². The lowest BCUT2D eigenvalue weighted by molar-refractivity contribution is -0.148. The number of halogens is 2. The van der Waals surface area contributed by atoms with Gasteiger partial charge in [0.25, 0.3) is 0 Å². The van der Waals surface area contributed by atoms with Gasteiger partial charge in [-0.3, -0.25) is 4.79 Å². The first-order valence-corrected chi connectivity index (χ1v) is 7.47. The minimum absolute atomic E-state index is 0.163. The normalized spacial score (nSPS) is 27.2. The molecule has 1 aliphatic rings. The van der Waals surface area contributed by atoms with E-state index in [0.29, 0.717) is 16.5 Å². The summed E-state index contributed by atoms with van der Waals surface area (Å²) in [5.41, 5.74) is -0.0118. The van der Waals surface area contributed by atoms with E-state index < -0.39 is 11.4 Å². The molecule has 19 heavy (non-hydrogen) atoms. The zero-order chi connectivity index (χ0) is 14.0. The smallest absolute Gasteiger partial charge is 0.314 e. The fraction of sp³-hybridized carbons (Fsp3) is 0.533. The Labute approximate surface area is 123 Å². The molecular weight excluding hydrogens is 283 g/mol. The predicted octanol–water partition coefficient (Wildman–Crippen LogP) is 4.92. The number of carbonyl (C=O) groups is 1. The molecule has 104 valence electrons. The molecule has 4 heteroatoms. The van der Waals surface area contributed by atoms with Crippen LogP contribution in [0, 0.1) is 5.92 Å². The highest BCUT2D eigenvalue weighted by molar-refractivity contribution is 6.42. The minimum atomic E-state index is -0.804. The summed E-state index contributed by atoms with van der Waals surface area (Å²) < 4.78 is 0. The lowest BCUT2D eigenvalue weighted by Crippen LogP contribution is -2.45. The fourth-order valence-corrected chi connectivity index (χ4v) is 3.65. The third-order valence-corrected chi connectivity index (χ3v) is 5.12. The van der Waals surface area contributed by atoms with E-state index >= 15 is 0 Å². The highest BCUT2D eigenvalue weighted by atomic mass is 35.5. The van der Waals surface area contributed by atoms with E-state index in [2.05, 4.69) is 6.92 Å². The van der Waals surface area contributed by atoms with E-state index in [4.69, 9.17) is 23.2 Å². The van der Waals surface area contributed by atoms with Crippen LogP contribution in [0.5, 0.6) is 0 Å². The van der Waals surface area contributed by atoms with E-state index in [1.165, 1.54) is 0 Å². The largest absolute Gasteiger partial charge is 0.481 e. The third-order valence-electron chi connectivity index (χ3n) is 4.38. The summed E-state index contributed by atoms with van der Waals surface area (Å²) in [6.07, 6.45) is 4.56. The molecule has 0 bridgehead atoms. The second-order valence-electron chi connectivity index (χ2n) is 5.26. The van der Waals surface area contributed by atoms with Crippen LogP contribution >= 0.6 is 23.2 Å². The molecular formula is C15H18Cl2O2. The van der Waals surface area contributed by atoms with E-state index in [9.17, 15) is 9.90 Å². The number of benzene rings is 1. The van der Waals surface area contributed by atoms with Gasteiger partial charge in [0.05, 0.1) is 15.5 Å². The van der Waals surface area contributed by atoms with Crippen molar-refractivity contribution in [3.8, 4) is 0 Å². The van der Waals surface area contributed by atoms with E-state index in [1.807, 2.05) is 6.07 Å². The molecule has 0 saturated heterocycles. The Morgan fingerprint density at radius 3 is 2.68 bits per heavy atom. The summed E-state index contributed by atoms with van der Waals surface area (Å²) in [5.74, 6) is -0.576. The molecule has 1 aromatic carbocycles. The highest BCUT2D eigenvalue weighted by Gasteiger charge is 2.47. The first-order valence-electron chi connectivity index (χ1n) is 6.71. The molecule has 1 fully saturated rings. The first-order chi connectivity index (χ1) is 9.02. The van der Waals surface area contributed by atoms with Gasteiger partial charge in [-0.15, -0.1) is 0 Å². The molecule has 2 nitrogen and oxygen atoms in total. The summed E-state index contributed by atoms with van der Waals surface area (Å²) in [6, 6.07) is 5.24. The average Bonchev–Trinajstić information content (AvgIpc) is 2.41. The third kappa shape index (κ3) is 2.48. The van der Waals surface area contributed by atoms with Crippen molar-refractivity contribution < 1.29 is 9.90 Å². The zero-order valence-electron chi connectivity index (χ0n) is 11.0. The lowest BCUT2D eigenvalue weighted by Gasteiger charge is -2.41. The van der Waals surface area contributed by atoms with Crippen LogP contribution in [0.2, 0.25) is 10.0 Å². The Morgan fingerprint density at radius 1 is 1.37 bits per heavy atom. The van der Waals surface area contributed by atoms with E-state index in [0.717, 1.165) is 31.2 Å². The monoisotopic (exact) mass is 300 g/mol. The van der Waals surface area contributed by atoms with Gasteiger partial charge in [-0.25, -0.2) is 0 Å². The molecule has 1 saturated carbocycles. The number of hydrogen-bond acceptors (Lipinski definition) is 1. The average molecular weight is 301 g/mol. The topological polar surface area (TPSA) is 37.3 Å². The summed E-state index contributed by atoms with van der Waals surface area (Å²) >= 11 is 12.0. The maximum Gasteiger partial charge on any atom is 0.314 e. The second kappa shape index (κ2) is 5.72. The second-order valence-corrected chi connectivity index (χ2v) is 6.07. The molecule has 0 amide bonds. The fourth-order valence-electron chi connectivity index (χ4n) is 3.36. The van der Waals surface area contributed by atoms with Crippen molar-refractivity contribution in [1.82, 2.24) is 0 Å². The van der Waals surface area contributed by atoms with Crippen molar-refractivity contribution >= 4 is 29.2 Å². The quantitative estimate of drug-likeness (QED) is 0.860. The van der Waals surface area contributed by atoms with Crippen molar-refractivity contribution in [1.29, 1.82) is 0 Å². The molecule has 1 aromatic rings. The van der Waals surface area contributed by atoms with Crippen molar-refractivity contribution in [2.45, 2.75) is 44.4 Å². The summed E-state index contributed by atoms with van der Waals surface area (Å²) in [5, 5.41) is 10.7. The predicted molar refractivity (Wildman–Crippen MR) is 78.0 cm³/mol. The van der Waals surface area contributed by atoms with Crippen LogP contribution in [-0.2, 0) is 10.2 Å². The number of carboxylic acid groups (broad SMARTS) is 1. The molecule has 2 atom stereocenters. The van der Waals surface area contributed by atoms with Crippen molar-refractivity contribution in [2.24, 2.45) is 5.92 Å². The minimum Gasteiger partial charge on any atom is -0.481 e. The maximum absolute atomic E-state index is 12.0. The number of hydrogen-bond donors (Lipinski definition) is 1. The standard InChI is InChI=1S/C15H18Cl2O2/c1-2-10-5-3-4-8-15(10,14(18)19)11-6-7-12(16)13(17)9-11/h6-7,9-10H,2-5,8H2,1H3,(H,18,19)/t10-,15+/m1/s1. The van der Waals surface area contributed by atoms with E-state index in [1.54, 1.807) is 12.1 Å². The van der Waals surface area contributed by atoms with Crippen LogP contribution in [0.25, 0.3) is 0 Å². The Bertz CT molecular complexity index is 487. The van der Waals surface area contributed by atoms with Crippen molar-refractivity contribution in [2.75, 3.05) is 0 Å². The molecule has 0 heterocycles. The van der Waals surface area contributed by atoms with Gasteiger partial charge in [-0.2, -0.15) is 0 Å². The van der Waals surface area contributed by atoms with Crippen LogP contribution < -0.4 is 0 Å². The Hall–Kier alpha value is -0.730. The van der Waals surface area contributed by atoms with Crippen LogP contribution in [0.1, 0.15) is 44.6 Å². The zero-order valence-corrected chi connectivity index (χ0v) is 12.5. The Kier molecular flexibility index (Phi) is 4.42. The van der Waals surface area contributed by atoms with Gasteiger partial charge in [0, 0.05) is 0 Å². The molecule has 0 aromatic heterocycles. The maximum atomic E-state index is 12.0.